The normalized spacial score (nSPS) is 14.3. The molecule has 0 atom stereocenters. The molecule has 1 N–H and O–H groups in total. The van der Waals surface area contributed by atoms with E-state index in [-0.39, 0.29) is 10.5 Å². The van der Waals surface area contributed by atoms with Gasteiger partial charge in [-0.3, -0.25) is 4.55 Å². The standard InChI is InChI=1S/C13H9NO3S2/c14-5-8-1-9-3-10-6-18-7-11(10)4-12(9)13(2-8)19(15,16)17/h1-4H,6-7H2,(H,15,16,17). The van der Waals surface area contributed by atoms with Crippen LogP contribution in [0.1, 0.15) is 16.7 Å². The molecule has 0 saturated carbocycles. The highest BCUT2D eigenvalue weighted by Gasteiger charge is 2.19. The van der Waals surface area contributed by atoms with Gasteiger partial charge in [-0.05, 0) is 40.8 Å². The molecule has 0 amide bonds. The Morgan fingerprint density at radius 3 is 2.47 bits per heavy atom. The molecule has 0 aliphatic carbocycles. The molecule has 3 rings (SSSR count). The van der Waals surface area contributed by atoms with Crippen LogP contribution in [-0.2, 0) is 21.6 Å². The fourth-order valence-electron chi connectivity index (χ4n) is 2.29. The Hall–Kier alpha value is -1.55. The van der Waals surface area contributed by atoms with Crippen molar-refractivity contribution in [2.75, 3.05) is 0 Å². The Bertz CT molecular complexity index is 835. The minimum atomic E-state index is -4.34. The lowest BCUT2D eigenvalue weighted by Gasteiger charge is -2.07. The van der Waals surface area contributed by atoms with Crippen molar-refractivity contribution in [3.8, 4) is 6.07 Å². The molecular weight excluding hydrogens is 282 g/mol. The summed E-state index contributed by atoms with van der Waals surface area (Å²) in [6.07, 6.45) is 0. The molecule has 0 unspecified atom stereocenters. The van der Waals surface area contributed by atoms with Crippen LogP contribution >= 0.6 is 11.8 Å². The van der Waals surface area contributed by atoms with Crippen molar-refractivity contribution in [2.45, 2.75) is 16.4 Å². The van der Waals surface area contributed by atoms with Gasteiger partial charge in [-0.15, -0.1) is 0 Å². The van der Waals surface area contributed by atoms with Crippen molar-refractivity contribution in [3.05, 3.63) is 41.0 Å². The molecule has 0 saturated heterocycles. The summed E-state index contributed by atoms with van der Waals surface area (Å²) in [5.41, 5.74) is 2.48. The maximum Gasteiger partial charge on any atom is 0.295 e. The molecule has 4 nitrogen and oxygen atoms in total. The van der Waals surface area contributed by atoms with E-state index in [4.69, 9.17) is 5.26 Å². The number of nitrogens with zero attached hydrogens (tertiary/aromatic N) is 1. The van der Waals surface area contributed by atoms with Gasteiger partial charge in [-0.25, -0.2) is 0 Å². The summed E-state index contributed by atoms with van der Waals surface area (Å²) in [6, 6.07) is 8.48. The average molecular weight is 291 g/mol. The largest absolute Gasteiger partial charge is 0.295 e. The molecule has 96 valence electrons. The van der Waals surface area contributed by atoms with Crippen molar-refractivity contribution in [2.24, 2.45) is 0 Å². The van der Waals surface area contributed by atoms with Gasteiger partial charge in [0.25, 0.3) is 10.1 Å². The van der Waals surface area contributed by atoms with E-state index in [2.05, 4.69) is 0 Å². The van der Waals surface area contributed by atoms with Crippen molar-refractivity contribution >= 4 is 32.7 Å². The zero-order valence-corrected chi connectivity index (χ0v) is 11.4. The molecule has 1 aliphatic heterocycles. The van der Waals surface area contributed by atoms with Gasteiger partial charge in [0.05, 0.1) is 11.6 Å². The van der Waals surface area contributed by atoms with E-state index < -0.39 is 10.1 Å². The molecule has 0 spiro atoms. The Labute approximate surface area is 114 Å². The molecule has 0 aromatic heterocycles. The Kier molecular flexibility index (Phi) is 2.78. The molecule has 2 aromatic rings. The predicted octanol–water partition coefficient (Wildman–Crippen LogP) is 2.70. The van der Waals surface area contributed by atoms with Crippen LogP contribution in [0.2, 0.25) is 0 Å². The quantitative estimate of drug-likeness (QED) is 0.817. The fourth-order valence-corrected chi connectivity index (χ4v) is 4.10. The van der Waals surface area contributed by atoms with Gasteiger partial charge < -0.3 is 0 Å². The zero-order chi connectivity index (χ0) is 13.6. The Balaban J connectivity index is 2.44. The van der Waals surface area contributed by atoms with E-state index in [1.807, 2.05) is 12.1 Å². The first-order valence-electron chi connectivity index (χ1n) is 5.54. The van der Waals surface area contributed by atoms with Crippen LogP contribution in [0.15, 0.2) is 29.2 Å². The van der Waals surface area contributed by atoms with E-state index >= 15 is 0 Å². The first-order valence-corrected chi connectivity index (χ1v) is 8.13. The molecule has 1 aliphatic rings. The maximum absolute atomic E-state index is 11.5. The van der Waals surface area contributed by atoms with Gasteiger partial charge in [-0.1, -0.05) is 0 Å². The average Bonchev–Trinajstić information content (AvgIpc) is 2.80. The Morgan fingerprint density at radius 1 is 1.16 bits per heavy atom. The van der Waals surface area contributed by atoms with E-state index in [0.717, 1.165) is 22.6 Å². The van der Waals surface area contributed by atoms with Gasteiger partial charge in [0, 0.05) is 16.9 Å². The van der Waals surface area contributed by atoms with Crippen molar-refractivity contribution in [3.63, 3.8) is 0 Å². The van der Waals surface area contributed by atoms with Gasteiger partial charge in [0.1, 0.15) is 4.90 Å². The predicted molar refractivity (Wildman–Crippen MR) is 73.5 cm³/mol. The number of hydrogen-bond donors (Lipinski definition) is 1. The smallest absolute Gasteiger partial charge is 0.282 e. The molecule has 19 heavy (non-hydrogen) atoms. The summed E-state index contributed by atoms with van der Waals surface area (Å²) < 4.78 is 32.2. The molecule has 2 aromatic carbocycles. The first kappa shape index (κ1) is 12.5. The van der Waals surface area contributed by atoms with Crippen LogP contribution < -0.4 is 0 Å². The second kappa shape index (κ2) is 4.23. The molecule has 0 bridgehead atoms. The first-order chi connectivity index (χ1) is 8.99. The lowest BCUT2D eigenvalue weighted by molar-refractivity contribution is 0.484. The highest BCUT2D eigenvalue weighted by atomic mass is 32.2. The monoisotopic (exact) mass is 291 g/mol. The third-order valence-electron chi connectivity index (χ3n) is 3.16. The third-order valence-corrected chi connectivity index (χ3v) is 5.08. The maximum atomic E-state index is 11.5. The summed E-state index contributed by atoms with van der Waals surface area (Å²) in [5, 5.41) is 10.1. The lowest BCUT2D eigenvalue weighted by atomic mass is 10.0. The summed E-state index contributed by atoms with van der Waals surface area (Å²) in [4.78, 5) is -0.193. The van der Waals surface area contributed by atoms with E-state index in [9.17, 15) is 13.0 Å². The molecule has 6 heteroatoms. The van der Waals surface area contributed by atoms with Crippen LogP contribution in [0.4, 0.5) is 0 Å². The van der Waals surface area contributed by atoms with Crippen LogP contribution in [0.5, 0.6) is 0 Å². The van der Waals surface area contributed by atoms with Crippen LogP contribution in [0, 0.1) is 11.3 Å². The van der Waals surface area contributed by atoms with Crippen LogP contribution in [-0.4, -0.2) is 13.0 Å². The van der Waals surface area contributed by atoms with Crippen molar-refractivity contribution in [1.82, 2.24) is 0 Å². The van der Waals surface area contributed by atoms with Crippen LogP contribution in [0.3, 0.4) is 0 Å². The minimum absolute atomic E-state index is 0.193. The number of benzene rings is 2. The highest BCUT2D eigenvalue weighted by Crippen LogP contribution is 2.35. The van der Waals surface area contributed by atoms with Gasteiger partial charge in [-0.2, -0.15) is 25.4 Å². The van der Waals surface area contributed by atoms with Crippen molar-refractivity contribution < 1.29 is 13.0 Å². The van der Waals surface area contributed by atoms with Gasteiger partial charge in [0.15, 0.2) is 0 Å². The number of rotatable bonds is 1. The second-order valence-corrected chi connectivity index (χ2v) is 6.77. The number of fused-ring (bicyclic) bond motifs is 2. The zero-order valence-electron chi connectivity index (χ0n) is 9.75. The summed E-state index contributed by atoms with van der Waals surface area (Å²) in [5.74, 6) is 1.74. The highest BCUT2D eigenvalue weighted by molar-refractivity contribution is 7.98. The van der Waals surface area contributed by atoms with Crippen molar-refractivity contribution in [1.29, 1.82) is 5.26 Å². The molecule has 1 heterocycles. The van der Waals surface area contributed by atoms with Gasteiger partial charge in [0.2, 0.25) is 0 Å². The number of thioether (sulfide) groups is 1. The topological polar surface area (TPSA) is 78.2 Å². The molecule has 0 fully saturated rings. The second-order valence-electron chi connectivity index (χ2n) is 4.40. The van der Waals surface area contributed by atoms with E-state index in [1.165, 1.54) is 6.07 Å². The SMILES string of the molecule is N#Cc1cc(S(=O)(=O)O)c2cc3c(cc2c1)CSC3. The third kappa shape index (κ3) is 2.10. The summed E-state index contributed by atoms with van der Waals surface area (Å²) in [7, 11) is -4.34. The number of hydrogen-bond acceptors (Lipinski definition) is 4. The summed E-state index contributed by atoms with van der Waals surface area (Å²) >= 11 is 1.76. The van der Waals surface area contributed by atoms with E-state index in [0.29, 0.717) is 10.8 Å². The molecular formula is C13H9NO3S2. The lowest BCUT2D eigenvalue weighted by Crippen LogP contribution is -2.00. The van der Waals surface area contributed by atoms with Gasteiger partial charge >= 0.3 is 0 Å². The van der Waals surface area contributed by atoms with Crippen LogP contribution in [0.25, 0.3) is 10.8 Å². The van der Waals surface area contributed by atoms with E-state index in [1.54, 1.807) is 23.9 Å². The molecule has 0 radical (unpaired) electrons. The number of nitriles is 1. The summed E-state index contributed by atoms with van der Waals surface area (Å²) in [6.45, 7) is 0. The Morgan fingerprint density at radius 2 is 1.84 bits per heavy atom. The minimum Gasteiger partial charge on any atom is -0.282 e. The fraction of sp³-hybridized carbons (Fsp3) is 0.154.